The number of nitrogens with zero attached hydrogens (tertiary/aromatic N) is 3. The van der Waals surface area contributed by atoms with E-state index >= 15 is 0 Å². The van der Waals surface area contributed by atoms with E-state index in [0.29, 0.717) is 0 Å². The number of aromatic nitrogens is 2. The zero-order valence-electron chi connectivity index (χ0n) is 17.9. The second-order valence-corrected chi connectivity index (χ2v) is 8.84. The molecule has 0 aliphatic carbocycles. The van der Waals surface area contributed by atoms with Crippen LogP contribution < -0.4 is 14.8 Å². The maximum atomic E-state index is 10.7. The fraction of sp³-hybridized carbons (Fsp3) is 0.227. The molecule has 0 atom stereocenters. The number of alkyl halides is 3. The van der Waals surface area contributed by atoms with Crippen molar-refractivity contribution in [2.45, 2.75) is 12.4 Å². The van der Waals surface area contributed by atoms with Crippen LogP contribution in [0.3, 0.4) is 0 Å². The highest BCUT2D eigenvalue weighted by atomic mass is 32.2. The Morgan fingerprint density at radius 1 is 1.03 bits per heavy atom. The first-order chi connectivity index (χ1) is 14.8. The number of rotatable bonds is 2. The lowest BCUT2D eigenvalue weighted by Gasteiger charge is -2.11. The van der Waals surface area contributed by atoms with E-state index in [1.54, 1.807) is 0 Å². The van der Waals surface area contributed by atoms with E-state index in [1.807, 2.05) is 0 Å². The third-order valence-electron chi connectivity index (χ3n) is 5.09. The Morgan fingerprint density at radius 2 is 1.59 bits per heavy atom. The number of anilines is 1. The Bertz CT molecular complexity index is 1420. The molecule has 0 saturated heterocycles. The van der Waals surface area contributed by atoms with Crippen LogP contribution in [0, 0.1) is 6.92 Å². The van der Waals surface area contributed by atoms with Gasteiger partial charge in [0, 0.05) is 43.4 Å². The van der Waals surface area contributed by atoms with E-state index in [4.69, 9.17) is 13.0 Å². The van der Waals surface area contributed by atoms with Crippen molar-refractivity contribution in [3.05, 3.63) is 71.1 Å². The lowest BCUT2D eigenvalue weighted by atomic mass is 10.1. The Kier molecular flexibility index (Phi) is 6.21. The largest absolute Gasteiger partial charge is 0.741 e. The van der Waals surface area contributed by atoms with Gasteiger partial charge in [0.15, 0.2) is 17.2 Å². The predicted octanol–water partition coefficient (Wildman–Crippen LogP) is 2.89. The van der Waals surface area contributed by atoms with Gasteiger partial charge in [-0.05, 0) is 29.8 Å². The summed E-state index contributed by atoms with van der Waals surface area (Å²) in [6, 6.07) is 19.6. The van der Waals surface area contributed by atoms with Gasteiger partial charge in [-0.2, -0.15) is 13.2 Å². The lowest BCUT2D eigenvalue weighted by Crippen LogP contribution is -2.36. The molecule has 0 aliphatic rings. The van der Waals surface area contributed by atoms with Crippen LogP contribution in [0.1, 0.15) is 11.3 Å². The Balaban J connectivity index is 0.000000312. The molecule has 0 amide bonds. The molecular formula is C22H22F3N3O3S. The smallest absolute Gasteiger partial charge is 0.485 e. The van der Waals surface area contributed by atoms with Crippen molar-refractivity contribution in [1.82, 2.24) is 4.52 Å². The summed E-state index contributed by atoms with van der Waals surface area (Å²) in [7, 11) is 0.157. The van der Waals surface area contributed by atoms with Crippen LogP contribution in [0.15, 0.2) is 54.6 Å². The highest BCUT2D eigenvalue weighted by Crippen LogP contribution is 2.20. The molecule has 0 saturated carbocycles. The van der Waals surface area contributed by atoms with Crippen molar-refractivity contribution in [2.75, 3.05) is 19.0 Å². The number of para-hydroxylation sites is 1. The van der Waals surface area contributed by atoms with Crippen molar-refractivity contribution < 1.29 is 30.8 Å². The molecule has 2 aromatic carbocycles. The van der Waals surface area contributed by atoms with Crippen LogP contribution in [-0.4, -0.2) is 37.1 Å². The zero-order chi connectivity index (χ0) is 23.8. The number of benzene rings is 2. The first kappa shape index (κ1) is 23.6. The minimum absolute atomic E-state index is 1.22. The van der Waals surface area contributed by atoms with Crippen LogP contribution in [0.4, 0.5) is 18.9 Å². The third kappa shape index (κ3) is 4.56. The second-order valence-electron chi connectivity index (χ2n) is 7.47. The number of fused-ring (bicyclic) bond motifs is 3. The van der Waals surface area contributed by atoms with Gasteiger partial charge in [-0.1, -0.05) is 30.3 Å². The van der Waals surface area contributed by atoms with Crippen molar-refractivity contribution in [3.8, 4) is 0 Å². The molecule has 2 aromatic heterocycles. The monoisotopic (exact) mass is 465 g/mol. The molecule has 0 fully saturated rings. The predicted molar refractivity (Wildman–Crippen MR) is 116 cm³/mol. The van der Waals surface area contributed by atoms with Crippen molar-refractivity contribution in [1.29, 1.82) is 0 Å². The standard InChI is InChI=1S/C21H22N3.CHF3O3S/c1-15-13-21-19(14-16-9-11-17(12-10-16)22(2)3)18-7-5-6-8-20(18)24(21)23(15)4;2-1(3,4)8(5,6)7/h5-14H,1-4H3;(H,5,6,7)/q+1;/p-1. The molecular weight excluding hydrogens is 443 g/mol. The van der Waals surface area contributed by atoms with Gasteiger partial charge >= 0.3 is 5.51 Å². The number of hydrogen-bond acceptors (Lipinski definition) is 4. The first-order valence-corrected chi connectivity index (χ1v) is 10.9. The van der Waals surface area contributed by atoms with Gasteiger partial charge in [0.05, 0.1) is 0 Å². The molecule has 0 aliphatic heterocycles. The van der Waals surface area contributed by atoms with Gasteiger partial charge in [-0.3, -0.25) is 0 Å². The SMILES string of the molecule is Cc1cc2c(=Cc3ccc(N(C)C)cc3)c3ccccc3n2[n+]1C.O=S(=O)([O-])C(F)(F)F. The number of aryl methyl sites for hydroxylation is 2. The third-order valence-corrected chi connectivity index (χ3v) is 5.65. The van der Waals surface area contributed by atoms with Crippen LogP contribution >= 0.6 is 0 Å². The highest BCUT2D eigenvalue weighted by molar-refractivity contribution is 7.86. The minimum atomic E-state index is -6.09. The number of halogens is 3. The molecule has 0 N–H and O–H groups in total. The van der Waals surface area contributed by atoms with E-state index < -0.39 is 15.6 Å². The van der Waals surface area contributed by atoms with Gasteiger partial charge in [0.25, 0.3) is 0 Å². The summed E-state index contributed by atoms with van der Waals surface area (Å²) in [4.78, 5) is 2.12. The van der Waals surface area contributed by atoms with E-state index in [2.05, 4.69) is 103 Å². The van der Waals surface area contributed by atoms with Gasteiger partial charge in [0.2, 0.25) is 5.69 Å². The molecule has 0 radical (unpaired) electrons. The summed E-state index contributed by atoms with van der Waals surface area (Å²) in [6.45, 7) is 2.15. The summed E-state index contributed by atoms with van der Waals surface area (Å²) in [5.74, 6) is 0. The average Bonchev–Trinajstić information content (AvgIpc) is 3.16. The Morgan fingerprint density at radius 3 is 2.12 bits per heavy atom. The summed E-state index contributed by atoms with van der Waals surface area (Å²) < 4.78 is 63.4. The normalized spacial score (nSPS) is 12.8. The summed E-state index contributed by atoms with van der Waals surface area (Å²) in [6.07, 6.45) is 2.29. The molecule has 0 spiro atoms. The molecule has 0 unspecified atom stereocenters. The maximum absolute atomic E-state index is 10.7. The summed E-state index contributed by atoms with van der Waals surface area (Å²) in [5.41, 5.74) is 0.558. The fourth-order valence-electron chi connectivity index (χ4n) is 3.37. The maximum Gasteiger partial charge on any atom is 0.485 e. The molecule has 170 valence electrons. The van der Waals surface area contributed by atoms with Crippen LogP contribution in [-0.2, 0) is 17.2 Å². The second kappa shape index (κ2) is 8.44. The van der Waals surface area contributed by atoms with Gasteiger partial charge < -0.3 is 9.45 Å². The van der Waals surface area contributed by atoms with E-state index in [-0.39, 0.29) is 0 Å². The van der Waals surface area contributed by atoms with E-state index in [0.717, 1.165) is 0 Å². The lowest BCUT2D eigenvalue weighted by molar-refractivity contribution is -0.740. The van der Waals surface area contributed by atoms with Crippen LogP contribution in [0.5, 0.6) is 0 Å². The Labute approximate surface area is 183 Å². The van der Waals surface area contributed by atoms with E-state index in [9.17, 15) is 13.2 Å². The fourth-order valence-corrected chi connectivity index (χ4v) is 3.37. The van der Waals surface area contributed by atoms with Crippen molar-refractivity contribution >= 4 is 38.3 Å². The zero-order valence-corrected chi connectivity index (χ0v) is 18.7. The molecule has 4 aromatic rings. The summed E-state index contributed by atoms with van der Waals surface area (Å²) >= 11 is 0. The highest BCUT2D eigenvalue weighted by Gasteiger charge is 2.36. The Hall–Kier alpha value is -3.11. The molecule has 0 bridgehead atoms. The van der Waals surface area contributed by atoms with Crippen LogP contribution in [0.2, 0.25) is 0 Å². The average molecular weight is 465 g/mol. The molecule has 2 heterocycles. The first-order valence-electron chi connectivity index (χ1n) is 9.51. The van der Waals surface area contributed by atoms with Crippen LogP contribution in [0.25, 0.3) is 22.5 Å². The van der Waals surface area contributed by atoms with Gasteiger partial charge in [-0.25, -0.2) is 8.42 Å². The summed E-state index contributed by atoms with van der Waals surface area (Å²) in [5, 5.41) is 2.58. The van der Waals surface area contributed by atoms with Gasteiger partial charge in [-0.15, -0.1) is 9.20 Å². The van der Waals surface area contributed by atoms with Crippen molar-refractivity contribution in [2.24, 2.45) is 7.05 Å². The minimum Gasteiger partial charge on any atom is -0.741 e. The molecule has 10 heteroatoms. The molecule has 6 nitrogen and oxygen atoms in total. The van der Waals surface area contributed by atoms with Crippen molar-refractivity contribution in [3.63, 3.8) is 0 Å². The quantitative estimate of drug-likeness (QED) is 0.259. The topological polar surface area (TPSA) is 68.7 Å². The van der Waals surface area contributed by atoms with Gasteiger partial charge in [0.1, 0.15) is 11.0 Å². The molecule has 32 heavy (non-hydrogen) atoms. The van der Waals surface area contributed by atoms with E-state index in [1.165, 1.54) is 38.6 Å². The molecule has 4 rings (SSSR count). The number of hydrogen-bond donors (Lipinski definition) is 0.